The summed E-state index contributed by atoms with van der Waals surface area (Å²) in [6, 6.07) is 7.89. The first-order valence-corrected chi connectivity index (χ1v) is 9.60. The maximum atomic E-state index is 13.1. The molecule has 0 fully saturated rings. The fraction of sp³-hybridized carbons (Fsp3) is 0.556. The summed E-state index contributed by atoms with van der Waals surface area (Å²) in [4.78, 5) is 0.366. The minimum Gasteiger partial charge on any atom is -0.207 e. The van der Waals surface area contributed by atoms with Crippen LogP contribution in [0.1, 0.15) is 48.8 Å². The molecule has 0 radical (unpaired) electrons. The molecule has 5 nitrogen and oxygen atoms in total. The van der Waals surface area contributed by atoms with E-state index in [1.54, 1.807) is 0 Å². The van der Waals surface area contributed by atoms with Gasteiger partial charge in [-0.3, -0.25) is 0 Å². The Morgan fingerprint density at radius 3 is 1.96 bits per heavy atom. The van der Waals surface area contributed by atoms with Gasteiger partial charge >= 0.3 is 0 Å². The molecule has 0 spiro atoms. The molecule has 6 heteroatoms. The quantitative estimate of drug-likeness (QED) is 0.639. The fourth-order valence-corrected chi connectivity index (χ4v) is 4.81. The smallest absolute Gasteiger partial charge is 0.207 e. The molecule has 0 aliphatic rings. The average Bonchev–Trinajstić information content (AvgIpc) is 2.48. The third-order valence-electron chi connectivity index (χ3n) is 3.84. The third kappa shape index (κ3) is 5.33. The van der Waals surface area contributed by atoms with Gasteiger partial charge in [-0.05, 0) is 51.2 Å². The summed E-state index contributed by atoms with van der Waals surface area (Å²) in [5.74, 6) is 0. The molecule has 0 aromatic heterocycles. The molecular weight excluding hydrogens is 322 g/mol. The summed E-state index contributed by atoms with van der Waals surface area (Å²) < 4.78 is 27.7. The third-order valence-corrected chi connectivity index (χ3v) is 6.05. The second kappa shape index (κ2) is 9.42. The van der Waals surface area contributed by atoms with Crippen molar-refractivity contribution in [3.8, 4) is 12.1 Å². The van der Waals surface area contributed by atoms with Crippen LogP contribution < -0.4 is 0 Å². The predicted molar refractivity (Wildman–Crippen MR) is 93.7 cm³/mol. The van der Waals surface area contributed by atoms with Crippen molar-refractivity contribution in [1.29, 1.82) is 10.5 Å². The van der Waals surface area contributed by atoms with Crippen LogP contribution in [0.15, 0.2) is 17.0 Å². The molecule has 1 aromatic rings. The van der Waals surface area contributed by atoms with Crippen molar-refractivity contribution in [3.05, 3.63) is 28.8 Å². The Hall–Kier alpha value is -1.89. The minimum absolute atomic E-state index is 0.329. The lowest BCUT2D eigenvalue weighted by atomic mass is 10.1. The Bertz CT molecular complexity index is 720. The van der Waals surface area contributed by atoms with Crippen molar-refractivity contribution in [3.63, 3.8) is 0 Å². The van der Waals surface area contributed by atoms with E-state index in [0.717, 1.165) is 16.7 Å². The summed E-state index contributed by atoms with van der Waals surface area (Å²) >= 11 is 0. The zero-order chi connectivity index (χ0) is 18.2. The number of sulfonamides is 1. The van der Waals surface area contributed by atoms with Gasteiger partial charge in [0.1, 0.15) is 0 Å². The molecule has 0 saturated carbocycles. The lowest BCUT2D eigenvalue weighted by molar-refractivity contribution is 0.396. The lowest BCUT2D eigenvalue weighted by Gasteiger charge is -2.24. The highest BCUT2D eigenvalue weighted by Crippen LogP contribution is 2.26. The monoisotopic (exact) mass is 347 g/mol. The molecule has 0 N–H and O–H groups in total. The largest absolute Gasteiger partial charge is 0.243 e. The van der Waals surface area contributed by atoms with Crippen molar-refractivity contribution in [2.24, 2.45) is 0 Å². The zero-order valence-corrected chi connectivity index (χ0v) is 15.5. The molecule has 1 rings (SSSR count). The van der Waals surface area contributed by atoms with E-state index in [9.17, 15) is 8.42 Å². The topological polar surface area (TPSA) is 85.0 Å². The molecule has 0 unspecified atom stereocenters. The summed E-state index contributed by atoms with van der Waals surface area (Å²) in [6.07, 6.45) is 2.58. The van der Waals surface area contributed by atoms with Gasteiger partial charge in [0.15, 0.2) is 0 Å². The number of nitriles is 2. The lowest BCUT2D eigenvalue weighted by Crippen LogP contribution is -2.34. The van der Waals surface area contributed by atoms with Gasteiger partial charge in [0, 0.05) is 25.9 Å². The molecule has 0 aliphatic carbocycles. The second-order valence-electron chi connectivity index (χ2n) is 6.01. The minimum atomic E-state index is -3.61. The maximum absolute atomic E-state index is 13.1. The predicted octanol–water partition coefficient (Wildman–Crippen LogP) is 3.60. The van der Waals surface area contributed by atoms with E-state index < -0.39 is 10.0 Å². The average molecular weight is 347 g/mol. The Kier molecular flexibility index (Phi) is 7.91. The summed E-state index contributed by atoms with van der Waals surface area (Å²) in [7, 11) is -3.61. The van der Waals surface area contributed by atoms with Crippen LogP contribution in [0, 0.1) is 43.4 Å². The Balaban J connectivity index is 3.09. The molecule has 0 aliphatic heterocycles. The van der Waals surface area contributed by atoms with Crippen molar-refractivity contribution in [1.82, 2.24) is 4.31 Å². The molecular formula is C18H25N3O2S. The van der Waals surface area contributed by atoms with Gasteiger partial charge < -0.3 is 0 Å². The first-order valence-electron chi connectivity index (χ1n) is 8.16. The Morgan fingerprint density at radius 2 is 1.42 bits per heavy atom. The number of aryl methyl sites for hydroxylation is 3. The highest BCUT2D eigenvalue weighted by Gasteiger charge is 2.27. The van der Waals surface area contributed by atoms with Gasteiger partial charge in [-0.25, -0.2) is 8.42 Å². The maximum Gasteiger partial charge on any atom is 0.243 e. The molecule has 130 valence electrons. The van der Waals surface area contributed by atoms with Gasteiger partial charge in [-0.2, -0.15) is 14.8 Å². The fourth-order valence-electron chi connectivity index (χ4n) is 2.88. The SMILES string of the molecule is Cc1cc(C)c(S(=O)(=O)N(CCCC#N)CCCCC#N)c(C)c1. The van der Waals surface area contributed by atoms with E-state index in [4.69, 9.17) is 10.5 Å². The van der Waals surface area contributed by atoms with Crippen LogP contribution in [0.3, 0.4) is 0 Å². The van der Waals surface area contributed by atoms with Gasteiger partial charge in [0.2, 0.25) is 10.0 Å². The van der Waals surface area contributed by atoms with E-state index in [1.807, 2.05) is 32.9 Å². The first-order chi connectivity index (χ1) is 11.3. The van der Waals surface area contributed by atoms with Crippen LogP contribution in [0.5, 0.6) is 0 Å². The van der Waals surface area contributed by atoms with E-state index in [-0.39, 0.29) is 0 Å². The highest BCUT2D eigenvalue weighted by atomic mass is 32.2. The van der Waals surface area contributed by atoms with Crippen LogP contribution in [-0.2, 0) is 10.0 Å². The van der Waals surface area contributed by atoms with Crippen LogP contribution in [0.25, 0.3) is 0 Å². The van der Waals surface area contributed by atoms with Crippen LogP contribution in [-0.4, -0.2) is 25.8 Å². The van der Waals surface area contributed by atoms with E-state index in [2.05, 4.69) is 12.1 Å². The Morgan fingerprint density at radius 1 is 0.917 bits per heavy atom. The highest BCUT2D eigenvalue weighted by molar-refractivity contribution is 7.89. The number of nitrogens with zero attached hydrogens (tertiary/aromatic N) is 3. The molecule has 24 heavy (non-hydrogen) atoms. The number of benzene rings is 1. The van der Waals surface area contributed by atoms with E-state index in [1.165, 1.54) is 4.31 Å². The van der Waals surface area contributed by atoms with Crippen molar-refractivity contribution in [2.75, 3.05) is 13.1 Å². The normalized spacial score (nSPS) is 11.2. The van der Waals surface area contributed by atoms with Crippen LogP contribution >= 0.6 is 0 Å². The van der Waals surface area contributed by atoms with E-state index >= 15 is 0 Å². The van der Waals surface area contributed by atoms with Crippen molar-refractivity contribution >= 4 is 10.0 Å². The number of hydrogen-bond donors (Lipinski definition) is 0. The van der Waals surface area contributed by atoms with Gasteiger partial charge in [0.25, 0.3) is 0 Å². The zero-order valence-electron chi connectivity index (χ0n) is 14.7. The summed E-state index contributed by atoms with van der Waals surface area (Å²) in [5, 5.41) is 17.3. The van der Waals surface area contributed by atoms with Crippen LogP contribution in [0.2, 0.25) is 0 Å². The summed E-state index contributed by atoms with van der Waals surface area (Å²) in [5.41, 5.74) is 2.53. The van der Waals surface area contributed by atoms with Gasteiger partial charge in [-0.1, -0.05) is 17.7 Å². The van der Waals surface area contributed by atoms with Gasteiger partial charge in [0.05, 0.1) is 17.0 Å². The van der Waals surface area contributed by atoms with Crippen molar-refractivity contribution < 1.29 is 8.42 Å². The van der Waals surface area contributed by atoms with E-state index in [0.29, 0.717) is 50.1 Å². The van der Waals surface area contributed by atoms with Crippen LogP contribution in [0.4, 0.5) is 0 Å². The van der Waals surface area contributed by atoms with Gasteiger partial charge in [-0.15, -0.1) is 0 Å². The molecule has 0 heterocycles. The molecule has 1 aromatic carbocycles. The number of rotatable bonds is 9. The summed E-state index contributed by atoms with van der Waals surface area (Å²) in [6.45, 7) is 6.28. The molecule has 0 atom stereocenters. The van der Waals surface area contributed by atoms with Crippen molar-refractivity contribution in [2.45, 2.75) is 57.8 Å². The molecule has 0 saturated heterocycles. The Labute approximate surface area is 145 Å². The second-order valence-corrected chi connectivity index (χ2v) is 7.88. The number of unbranched alkanes of at least 4 members (excludes halogenated alkanes) is 3. The molecule has 0 amide bonds. The number of hydrogen-bond acceptors (Lipinski definition) is 4. The molecule has 0 bridgehead atoms. The first kappa shape index (κ1) is 20.2. The standard InChI is InChI=1S/C18H25N3O2S/c1-15-13-16(2)18(17(3)14-15)24(22,23)21(12-8-6-10-20)11-7-4-5-9-19/h13-14H,4-8,11-12H2,1-3H3.